The van der Waals surface area contributed by atoms with Gasteiger partial charge in [0.25, 0.3) is 11.8 Å². The zero-order chi connectivity index (χ0) is 24.8. The van der Waals surface area contributed by atoms with E-state index in [1.807, 2.05) is 38.1 Å². The molecule has 0 radical (unpaired) electrons. The Morgan fingerprint density at radius 1 is 1.00 bits per heavy atom. The molecule has 0 aromatic heterocycles. The Kier molecular flexibility index (Phi) is 11.6. The number of hydrogen-bond donors (Lipinski definition) is 2. The molecule has 1 unspecified atom stereocenters. The Morgan fingerprint density at radius 2 is 1.71 bits per heavy atom. The number of likely N-dealkylation sites (N-methyl/N-ethyl adjacent to an activating group) is 1. The number of benzene rings is 2. The monoisotopic (exact) mass is 468 g/mol. The first-order chi connectivity index (χ1) is 16.5. The predicted molar refractivity (Wildman–Crippen MR) is 135 cm³/mol. The molecule has 0 saturated carbocycles. The first kappa shape index (κ1) is 26.9. The van der Waals surface area contributed by atoms with Crippen molar-refractivity contribution in [3.8, 4) is 11.5 Å². The van der Waals surface area contributed by atoms with Gasteiger partial charge in [-0.3, -0.25) is 14.5 Å². The maximum Gasteiger partial charge on any atom is 0.257 e. The number of nitrogens with zero attached hydrogens (tertiary/aromatic N) is 2. The molecular formula is C26H36N4O4. The van der Waals surface area contributed by atoms with Gasteiger partial charge in [0, 0.05) is 12.1 Å². The van der Waals surface area contributed by atoms with Crippen LogP contribution in [0.15, 0.2) is 53.6 Å². The number of carbonyl (C=O) groups excluding carboxylic acids is 2. The van der Waals surface area contributed by atoms with Gasteiger partial charge in [0.2, 0.25) is 0 Å². The number of methoxy groups -OCH3 is 2. The number of rotatable bonds is 14. The molecule has 0 saturated heterocycles. The molecule has 0 fully saturated rings. The third-order valence-corrected chi connectivity index (χ3v) is 5.58. The van der Waals surface area contributed by atoms with Gasteiger partial charge in [-0.25, -0.2) is 5.43 Å². The third-order valence-electron chi connectivity index (χ3n) is 5.58. The molecule has 2 N–H and O–H groups in total. The molecule has 0 aliphatic heterocycles. The average Bonchev–Trinajstić information content (AvgIpc) is 2.88. The molecule has 0 aliphatic carbocycles. The Bertz CT molecular complexity index is 930. The maximum absolute atomic E-state index is 12.9. The highest BCUT2D eigenvalue weighted by Gasteiger charge is 2.23. The zero-order valence-corrected chi connectivity index (χ0v) is 20.5. The van der Waals surface area contributed by atoms with E-state index in [0.717, 1.165) is 31.5 Å². The van der Waals surface area contributed by atoms with E-state index in [2.05, 4.69) is 20.7 Å². The molecule has 0 bridgehead atoms. The van der Waals surface area contributed by atoms with Crippen molar-refractivity contribution in [1.29, 1.82) is 0 Å². The quantitative estimate of drug-likeness (QED) is 0.252. The normalized spacial score (nSPS) is 11.9. The standard InChI is InChI=1S/C26H36N4O4/c1-5-30(6-2)22(14-10-11-17-27-25(31)21-12-8-7-9-13-21)26(32)29-28-19-20-15-16-23(33-3)24(18-20)34-4/h7-9,12-13,15-16,18-19,22H,5-6,10-11,14,17H2,1-4H3,(H,27,31)(H,29,32). The molecule has 2 aromatic rings. The summed E-state index contributed by atoms with van der Waals surface area (Å²) in [4.78, 5) is 27.2. The summed E-state index contributed by atoms with van der Waals surface area (Å²) in [6, 6.07) is 14.3. The summed E-state index contributed by atoms with van der Waals surface area (Å²) in [7, 11) is 3.15. The number of hydrazone groups is 1. The van der Waals surface area contributed by atoms with E-state index >= 15 is 0 Å². The van der Waals surface area contributed by atoms with Crippen LogP contribution in [-0.2, 0) is 4.79 Å². The van der Waals surface area contributed by atoms with Gasteiger partial charge < -0.3 is 14.8 Å². The van der Waals surface area contributed by atoms with Crippen molar-refractivity contribution in [1.82, 2.24) is 15.6 Å². The Hall–Kier alpha value is -3.39. The van der Waals surface area contributed by atoms with E-state index in [4.69, 9.17) is 9.47 Å². The summed E-state index contributed by atoms with van der Waals surface area (Å²) in [6.45, 7) is 6.17. The Balaban J connectivity index is 1.87. The fraction of sp³-hybridized carbons (Fsp3) is 0.423. The van der Waals surface area contributed by atoms with Crippen molar-refractivity contribution in [2.75, 3.05) is 33.9 Å². The first-order valence-electron chi connectivity index (χ1n) is 11.7. The van der Waals surface area contributed by atoms with E-state index in [-0.39, 0.29) is 17.9 Å². The van der Waals surface area contributed by atoms with Gasteiger partial charge in [0.05, 0.1) is 26.5 Å². The van der Waals surface area contributed by atoms with Gasteiger partial charge in [-0.15, -0.1) is 0 Å². The van der Waals surface area contributed by atoms with Crippen LogP contribution in [0.2, 0.25) is 0 Å². The van der Waals surface area contributed by atoms with Gasteiger partial charge in [-0.1, -0.05) is 32.0 Å². The number of amides is 2. The summed E-state index contributed by atoms with van der Waals surface area (Å²) in [5.41, 5.74) is 4.11. The minimum absolute atomic E-state index is 0.0804. The van der Waals surface area contributed by atoms with Gasteiger partial charge in [0.15, 0.2) is 11.5 Å². The van der Waals surface area contributed by atoms with E-state index in [1.165, 1.54) is 0 Å². The maximum atomic E-state index is 12.9. The Morgan fingerprint density at radius 3 is 2.35 bits per heavy atom. The van der Waals surface area contributed by atoms with Crippen LogP contribution in [0.3, 0.4) is 0 Å². The van der Waals surface area contributed by atoms with Crippen LogP contribution in [-0.4, -0.2) is 62.8 Å². The zero-order valence-electron chi connectivity index (χ0n) is 20.5. The summed E-state index contributed by atoms with van der Waals surface area (Å²) >= 11 is 0. The summed E-state index contributed by atoms with van der Waals surface area (Å²) in [6.07, 6.45) is 3.86. The van der Waals surface area contributed by atoms with Crippen LogP contribution in [0.1, 0.15) is 49.0 Å². The molecule has 2 amide bonds. The van der Waals surface area contributed by atoms with E-state index in [9.17, 15) is 9.59 Å². The van der Waals surface area contributed by atoms with Crippen molar-refractivity contribution in [2.24, 2.45) is 5.10 Å². The molecule has 8 nitrogen and oxygen atoms in total. The molecule has 0 aliphatic rings. The van der Waals surface area contributed by atoms with Gasteiger partial charge in [0.1, 0.15) is 0 Å². The SMILES string of the molecule is CCN(CC)C(CCCCNC(=O)c1ccccc1)C(=O)NN=Cc1ccc(OC)c(OC)c1. The molecule has 0 spiro atoms. The second-order valence-corrected chi connectivity index (χ2v) is 7.70. The number of hydrogen-bond acceptors (Lipinski definition) is 6. The summed E-state index contributed by atoms with van der Waals surface area (Å²) in [5, 5.41) is 7.07. The molecule has 34 heavy (non-hydrogen) atoms. The Labute approximate surface area is 202 Å². The molecule has 0 heterocycles. The van der Waals surface area contributed by atoms with E-state index < -0.39 is 0 Å². The fourth-order valence-electron chi connectivity index (χ4n) is 3.68. The van der Waals surface area contributed by atoms with E-state index in [0.29, 0.717) is 30.0 Å². The minimum Gasteiger partial charge on any atom is -0.493 e. The van der Waals surface area contributed by atoms with Crippen molar-refractivity contribution in [3.05, 3.63) is 59.7 Å². The van der Waals surface area contributed by atoms with Crippen LogP contribution in [0.4, 0.5) is 0 Å². The van der Waals surface area contributed by atoms with Gasteiger partial charge in [-0.2, -0.15) is 5.10 Å². The second kappa shape index (κ2) is 14.7. The predicted octanol–water partition coefficient (Wildman–Crippen LogP) is 3.46. The van der Waals surface area contributed by atoms with E-state index in [1.54, 1.807) is 44.7 Å². The first-order valence-corrected chi connectivity index (χ1v) is 11.7. The lowest BCUT2D eigenvalue weighted by Crippen LogP contribution is -2.45. The molecule has 184 valence electrons. The lowest BCUT2D eigenvalue weighted by molar-refractivity contribution is -0.126. The molecule has 1 atom stereocenters. The number of unbranched alkanes of at least 4 members (excludes halogenated alkanes) is 1. The van der Waals surface area contributed by atoms with Crippen molar-refractivity contribution in [3.63, 3.8) is 0 Å². The molecular weight excluding hydrogens is 432 g/mol. The highest BCUT2D eigenvalue weighted by Crippen LogP contribution is 2.26. The minimum atomic E-state index is -0.289. The van der Waals surface area contributed by atoms with Gasteiger partial charge in [-0.05, 0) is 68.2 Å². The highest BCUT2D eigenvalue weighted by atomic mass is 16.5. The van der Waals surface area contributed by atoms with Crippen LogP contribution in [0.25, 0.3) is 0 Å². The highest BCUT2D eigenvalue weighted by molar-refractivity contribution is 5.94. The van der Waals surface area contributed by atoms with Crippen LogP contribution < -0.4 is 20.2 Å². The molecule has 2 rings (SSSR count). The van der Waals surface area contributed by atoms with Crippen LogP contribution in [0.5, 0.6) is 11.5 Å². The van der Waals surface area contributed by atoms with Crippen LogP contribution >= 0.6 is 0 Å². The lowest BCUT2D eigenvalue weighted by atomic mass is 10.1. The van der Waals surface area contributed by atoms with Crippen molar-refractivity contribution < 1.29 is 19.1 Å². The number of carbonyl (C=O) groups is 2. The van der Waals surface area contributed by atoms with Crippen LogP contribution in [0, 0.1) is 0 Å². The topological polar surface area (TPSA) is 92.3 Å². The second-order valence-electron chi connectivity index (χ2n) is 7.70. The largest absolute Gasteiger partial charge is 0.493 e. The summed E-state index contributed by atoms with van der Waals surface area (Å²) < 4.78 is 10.5. The lowest BCUT2D eigenvalue weighted by Gasteiger charge is -2.28. The molecule has 2 aromatic carbocycles. The molecule has 8 heteroatoms. The van der Waals surface area contributed by atoms with Crippen molar-refractivity contribution >= 4 is 18.0 Å². The van der Waals surface area contributed by atoms with Crippen molar-refractivity contribution in [2.45, 2.75) is 39.2 Å². The fourth-order valence-corrected chi connectivity index (χ4v) is 3.68. The summed E-state index contributed by atoms with van der Waals surface area (Å²) in [5.74, 6) is 1.00. The third kappa shape index (κ3) is 8.19. The smallest absolute Gasteiger partial charge is 0.257 e. The average molecular weight is 469 g/mol. The number of nitrogens with one attached hydrogen (secondary N) is 2. The number of ether oxygens (including phenoxy) is 2. The van der Waals surface area contributed by atoms with Gasteiger partial charge >= 0.3 is 0 Å².